The van der Waals surface area contributed by atoms with Crippen LogP contribution in [-0.4, -0.2) is 79.6 Å². The minimum Gasteiger partial charge on any atom is -0.493 e. The molecule has 44 heavy (non-hydrogen) atoms. The van der Waals surface area contributed by atoms with Gasteiger partial charge in [0, 0.05) is 18.7 Å². The second-order valence-electron chi connectivity index (χ2n) is 11.7. The van der Waals surface area contributed by atoms with E-state index in [0.29, 0.717) is 30.2 Å². The van der Waals surface area contributed by atoms with Gasteiger partial charge in [-0.25, -0.2) is 0 Å². The molecule has 4 aliphatic heterocycles. The van der Waals surface area contributed by atoms with Crippen molar-refractivity contribution in [2.24, 2.45) is 5.92 Å². The molecule has 1 aromatic heterocycles. The number of fused-ring (bicyclic) bond motifs is 7. The number of benzene rings is 2. The molecule has 0 unspecified atom stereocenters. The van der Waals surface area contributed by atoms with E-state index in [-0.39, 0.29) is 48.9 Å². The lowest BCUT2D eigenvalue weighted by Gasteiger charge is -2.29. The molecule has 0 radical (unpaired) electrons. The topological polar surface area (TPSA) is 123 Å². The zero-order chi connectivity index (χ0) is 30.6. The Balaban J connectivity index is 1.21. The molecule has 11 heteroatoms. The molecule has 5 heterocycles. The van der Waals surface area contributed by atoms with E-state index in [9.17, 15) is 14.4 Å². The van der Waals surface area contributed by atoms with Crippen LogP contribution >= 0.6 is 0 Å². The summed E-state index contributed by atoms with van der Waals surface area (Å²) in [5.74, 6) is 2.11. The average molecular weight is 603 g/mol. The van der Waals surface area contributed by atoms with Crippen LogP contribution in [0.2, 0.25) is 0 Å². The molecule has 7 rings (SSSR count). The number of hydrogen-bond donors (Lipinski definition) is 2. The molecule has 0 aliphatic carbocycles. The van der Waals surface area contributed by atoms with Crippen molar-refractivity contribution in [3.05, 3.63) is 77.2 Å². The summed E-state index contributed by atoms with van der Waals surface area (Å²) in [6, 6.07) is 15.2. The number of rotatable bonds is 4. The summed E-state index contributed by atoms with van der Waals surface area (Å²) in [7, 11) is 1.49. The molecule has 3 aromatic rings. The van der Waals surface area contributed by atoms with Crippen LogP contribution in [0.3, 0.4) is 0 Å². The third-order valence-corrected chi connectivity index (χ3v) is 8.48. The Kier molecular flexibility index (Phi) is 8.74. The van der Waals surface area contributed by atoms with Crippen molar-refractivity contribution in [2.75, 3.05) is 39.9 Å². The Bertz CT molecular complexity index is 1500. The Labute approximate surface area is 256 Å². The highest BCUT2D eigenvalue weighted by atomic mass is 16.5. The molecule has 4 bridgehead atoms. The summed E-state index contributed by atoms with van der Waals surface area (Å²) >= 11 is 0. The van der Waals surface area contributed by atoms with Gasteiger partial charge in [-0.2, -0.15) is 0 Å². The smallest absolute Gasteiger partial charge is 0.289 e. The molecule has 0 saturated carbocycles. The van der Waals surface area contributed by atoms with Gasteiger partial charge in [-0.1, -0.05) is 19.1 Å². The minimum absolute atomic E-state index is 0.240. The van der Waals surface area contributed by atoms with E-state index in [0.717, 1.165) is 30.3 Å². The number of nitrogens with one attached hydrogen (secondary N) is 2. The fraction of sp³-hybridized carbons (Fsp3) is 0.424. The molecular weight excluding hydrogens is 564 g/mol. The van der Waals surface area contributed by atoms with E-state index in [1.165, 1.54) is 26.0 Å². The van der Waals surface area contributed by atoms with Crippen LogP contribution in [0.25, 0.3) is 0 Å². The highest BCUT2D eigenvalue weighted by molar-refractivity contribution is 5.95. The first-order chi connectivity index (χ1) is 21.3. The monoisotopic (exact) mass is 602 g/mol. The fourth-order valence-corrected chi connectivity index (χ4v) is 5.81. The van der Waals surface area contributed by atoms with Gasteiger partial charge in [0.05, 0.1) is 26.2 Å². The van der Waals surface area contributed by atoms with Crippen LogP contribution in [0.15, 0.2) is 59.0 Å². The van der Waals surface area contributed by atoms with Crippen molar-refractivity contribution in [2.45, 2.75) is 45.0 Å². The van der Waals surface area contributed by atoms with E-state index in [1.54, 1.807) is 23.1 Å². The van der Waals surface area contributed by atoms with Crippen molar-refractivity contribution in [3.63, 3.8) is 0 Å². The first-order valence-electron chi connectivity index (χ1n) is 15.1. The zero-order valence-electron chi connectivity index (χ0n) is 25.0. The lowest BCUT2D eigenvalue weighted by Crippen LogP contribution is -2.45. The molecule has 4 aliphatic rings. The Morgan fingerprint density at radius 2 is 1.82 bits per heavy atom. The molecule has 11 nitrogen and oxygen atoms in total. The van der Waals surface area contributed by atoms with Crippen molar-refractivity contribution in [1.29, 1.82) is 0 Å². The van der Waals surface area contributed by atoms with Crippen LogP contribution in [0, 0.1) is 5.92 Å². The number of ether oxygens (including phenoxy) is 3. The van der Waals surface area contributed by atoms with Crippen molar-refractivity contribution >= 4 is 17.7 Å². The van der Waals surface area contributed by atoms with Gasteiger partial charge in [-0.3, -0.25) is 19.3 Å². The molecule has 0 spiro atoms. The summed E-state index contributed by atoms with van der Waals surface area (Å²) in [6.07, 6.45) is 1.82. The number of nitrogens with zero attached hydrogens (tertiary/aromatic N) is 2. The van der Waals surface area contributed by atoms with Gasteiger partial charge in [-0.05, 0) is 79.9 Å². The minimum atomic E-state index is -0.511. The van der Waals surface area contributed by atoms with Gasteiger partial charge < -0.3 is 34.2 Å². The third kappa shape index (κ3) is 6.83. The zero-order valence-corrected chi connectivity index (χ0v) is 25.0. The number of furan rings is 1. The van der Waals surface area contributed by atoms with Crippen molar-refractivity contribution < 1.29 is 33.0 Å². The number of amides is 3. The van der Waals surface area contributed by atoms with E-state index in [2.05, 4.69) is 22.5 Å². The number of hydrogen-bond acceptors (Lipinski definition) is 8. The molecule has 2 atom stereocenters. The summed E-state index contributed by atoms with van der Waals surface area (Å²) in [4.78, 5) is 43.4. The fourth-order valence-electron chi connectivity index (χ4n) is 5.81. The highest BCUT2D eigenvalue weighted by Crippen LogP contribution is 2.29. The summed E-state index contributed by atoms with van der Waals surface area (Å²) < 4.78 is 23.4. The average Bonchev–Trinajstić information content (AvgIpc) is 3.67. The molecular formula is C33H38N4O7. The molecule has 2 fully saturated rings. The lowest BCUT2D eigenvalue weighted by atomic mass is 9.99. The van der Waals surface area contributed by atoms with Gasteiger partial charge in [0.25, 0.3) is 17.7 Å². The van der Waals surface area contributed by atoms with E-state index in [4.69, 9.17) is 18.6 Å². The second-order valence-corrected chi connectivity index (χ2v) is 11.7. The predicted molar refractivity (Wildman–Crippen MR) is 161 cm³/mol. The van der Waals surface area contributed by atoms with Crippen LogP contribution in [0.4, 0.5) is 0 Å². The quantitative estimate of drug-likeness (QED) is 0.467. The SMILES string of the molecule is COc1ccc2cc1OCC(=O)NCc1ccc(cc1)O[C@H]1CN(C(=O)c3ccc(CN4CCC(C)CC4)o3)C[C@@H]1NC2=O. The largest absolute Gasteiger partial charge is 0.493 e. The normalized spacial score (nSPS) is 21.5. The summed E-state index contributed by atoms with van der Waals surface area (Å²) in [6.45, 7) is 5.58. The Morgan fingerprint density at radius 1 is 1.02 bits per heavy atom. The first-order valence-corrected chi connectivity index (χ1v) is 15.1. The lowest BCUT2D eigenvalue weighted by molar-refractivity contribution is -0.123. The highest BCUT2D eigenvalue weighted by Gasteiger charge is 2.39. The number of likely N-dealkylation sites (tertiary alicyclic amines) is 2. The standard InChI is InChI=1S/C33H38N4O7/c1-21-11-13-36(14-12-21)17-25-8-10-28(44-25)33(40)37-18-26-30(19-37)43-24-6-3-22(4-7-24)16-34-31(38)20-42-29-15-23(32(39)35-26)5-9-27(29)41-2/h3-10,15,21,26,30H,11-14,16-20H2,1-2H3,(H,34,38)(H,35,39)/t26-,30-/m0/s1. The third-order valence-electron chi connectivity index (χ3n) is 8.48. The molecule has 2 saturated heterocycles. The van der Waals surface area contributed by atoms with Crippen LogP contribution in [-0.2, 0) is 17.9 Å². The molecule has 2 aromatic carbocycles. The molecule has 3 amide bonds. The second kappa shape index (κ2) is 13.0. The molecule has 2 N–H and O–H groups in total. The van der Waals surface area contributed by atoms with Crippen LogP contribution in [0.1, 0.15) is 52.0 Å². The Hall–Kier alpha value is -4.51. The van der Waals surface area contributed by atoms with E-state index >= 15 is 0 Å². The number of carbonyl (C=O) groups is 3. The van der Waals surface area contributed by atoms with Gasteiger partial charge >= 0.3 is 0 Å². The van der Waals surface area contributed by atoms with Crippen LogP contribution in [0.5, 0.6) is 17.2 Å². The van der Waals surface area contributed by atoms with Crippen molar-refractivity contribution in [3.8, 4) is 17.2 Å². The summed E-state index contributed by atoms with van der Waals surface area (Å²) in [5.41, 5.74) is 1.20. The maximum absolute atomic E-state index is 13.6. The number of methoxy groups -OCH3 is 1. The maximum atomic E-state index is 13.6. The van der Waals surface area contributed by atoms with Crippen LogP contribution < -0.4 is 24.8 Å². The first kappa shape index (κ1) is 29.6. The molecule has 232 valence electrons. The summed E-state index contributed by atoms with van der Waals surface area (Å²) in [5, 5.41) is 5.87. The Morgan fingerprint density at radius 3 is 2.59 bits per heavy atom. The van der Waals surface area contributed by atoms with Gasteiger partial charge in [-0.15, -0.1) is 0 Å². The van der Waals surface area contributed by atoms with E-state index < -0.39 is 12.1 Å². The van der Waals surface area contributed by atoms with Crippen molar-refractivity contribution in [1.82, 2.24) is 20.4 Å². The maximum Gasteiger partial charge on any atom is 0.289 e. The number of piperidine rings is 1. The van der Waals surface area contributed by atoms with Gasteiger partial charge in [0.2, 0.25) is 0 Å². The van der Waals surface area contributed by atoms with Gasteiger partial charge in [0.1, 0.15) is 17.6 Å². The van der Waals surface area contributed by atoms with E-state index in [1.807, 2.05) is 30.3 Å². The number of carbonyl (C=O) groups excluding carboxylic acids is 3. The predicted octanol–water partition coefficient (Wildman–Crippen LogP) is 3.23. The van der Waals surface area contributed by atoms with Gasteiger partial charge in [0.15, 0.2) is 23.9 Å².